The standard InChI is InChI=1S/C15H22BrFN2/c1-15(2,3)14(19-8-6-18-7-9-19)12-10-11(17)4-5-13(12)16/h4-5,10,14,18H,6-9H2,1-3H3/t14-/m1/s1. The van der Waals surface area contributed by atoms with Crippen molar-refractivity contribution in [2.24, 2.45) is 5.41 Å². The average Bonchev–Trinajstić information content (AvgIpc) is 2.33. The molecule has 0 unspecified atom stereocenters. The first kappa shape index (κ1) is 14.9. The van der Waals surface area contributed by atoms with Crippen molar-refractivity contribution in [1.29, 1.82) is 0 Å². The fourth-order valence-electron chi connectivity index (χ4n) is 2.88. The van der Waals surface area contributed by atoms with Crippen LogP contribution in [-0.4, -0.2) is 31.1 Å². The Balaban J connectivity index is 2.39. The lowest BCUT2D eigenvalue weighted by Gasteiger charge is -2.43. The van der Waals surface area contributed by atoms with Gasteiger partial charge in [0.25, 0.3) is 0 Å². The predicted octanol–water partition coefficient (Wildman–Crippen LogP) is 3.58. The van der Waals surface area contributed by atoms with Crippen LogP contribution in [0.2, 0.25) is 0 Å². The van der Waals surface area contributed by atoms with Gasteiger partial charge in [-0.2, -0.15) is 0 Å². The Morgan fingerprint density at radius 3 is 2.47 bits per heavy atom. The molecular formula is C15H22BrFN2. The summed E-state index contributed by atoms with van der Waals surface area (Å²) in [7, 11) is 0. The number of rotatable bonds is 2. The smallest absolute Gasteiger partial charge is 0.123 e. The second-order valence-electron chi connectivity index (χ2n) is 6.22. The Morgan fingerprint density at radius 1 is 1.26 bits per heavy atom. The molecule has 1 fully saturated rings. The van der Waals surface area contributed by atoms with Gasteiger partial charge in [-0.1, -0.05) is 36.7 Å². The minimum absolute atomic E-state index is 0.0631. The minimum atomic E-state index is -0.164. The van der Waals surface area contributed by atoms with Crippen LogP contribution in [0.5, 0.6) is 0 Å². The van der Waals surface area contributed by atoms with Gasteiger partial charge in [0.1, 0.15) is 5.82 Å². The molecule has 0 saturated carbocycles. The highest BCUT2D eigenvalue weighted by Gasteiger charge is 2.33. The minimum Gasteiger partial charge on any atom is -0.314 e. The Kier molecular flexibility index (Phi) is 4.64. The van der Waals surface area contributed by atoms with Gasteiger partial charge in [0, 0.05) is 36.7 Å². The van der Waals surface area contributed by atoms with Crippen molar-refractivity contribution in [2.45, 2.75) is 26.8 Å². The van der Waals surface area contributed by atoms with Crippen molar-refractivity contribution in [2.75, 3.05) is 26.2 Å². The number of piperazine rings is 1. The summed E-state index contributed by atoms with van der Waals surface area (Å²) in [5.41, 5.74) is 1.11. The van der Waals surface area contributed by atoms with E-state index in [0.717, 1.165) is 36.2 Å². The topological polar surface area (TPSA) is 15.3 Å². The van der Waals surface area contributed by atoms with E-state index in [2.05, 4.69) is 46.9 Å². The number of nitrogens with zero attached hydrogens (tertiary/aromatic N) is 1. The van der Waals surface area contributed by atoms with Gasteiger partial charge < -0.3 is 5.32 Å². The molecule has 1 heterocycles. The van der Waals surface area contributed by atoms with Crippen LogP contribution in [0.15, 0.2) is 22.7 Å². The fourth-order valence-corrected chi connectivity index (χ4v) is 3.34. The second-order valence-corrected chi connectivity index (χ2v) is 7.07. The average molecular weight is 329 g/mol. The van der Waals surface area contributed by atoms with E-state index < -0.39 is 0 Å². The normalized spacial score (nSPS) is 19.4. The van der Waals surface area contributed by atoms with Gasteiger partial charge in [-0.15, -0.1) is 0 Å². The van der Waals surface area contributed by atoms with Crippen molar-refractivity contribution in [1.82, 2.24) is 10.2 Å². The Hall–Kier alpha value is -0.450. The summed E-state index contributed by atoms with van der Waals surface area (Å²) in [5, 5.41) is 3.37. The Labute approximate surface area is 123 Å². The molecule has 1 saturated heterocycles. The first-order valence-corrected chi connectivity index (χ1v) is 7.58. The van der Waals surface area contributed by atoms with Crippen molar-refractivity contribution in [3.05, 3.63) is 34.1 Å². The molecule has 106 valence electrons. The largest absolute Gasteiger partial charge is 0.314 e. The molecule has 0 amide bonds. The van der Waals surface area contributed by atoms with Gasteiger partial charge >= 0.3 is 0 Å². The van der Waals surface area contributed by atoms with E-state index in [4.69, 9.17) is 0 Å². The van der Waals surface area contributed by atoms with Crippen LogP contribution in [0.3, 0.4) is 0 Å². The van der Waals surface area contributed by atoms with Crippen LogP contribution in [-0.2, 0) is 0 Å². The monoisotopic (exact) mass is 328 g/mol. The molecule has 0 aliphatic carbocycles. The lowest BCUT2D eigenvalue weighted by Crippen LogP contribution is -2.48. The lowest BCUT2D eigenvalue weighted by atomic mass is 9.81. The number of halogens is 2. The molecule has 19 heavy (non-hydrogen) atoms. The summed E-state index contributed by atoms with van der Waals surface area (Å²) in [6.45, 7) is 10.7. The molecule has 1 N–H and O–H groups in total. The molecule has 1 aromatic rings. The highest BCUT2D eigenvalue weighted by Crippen LogP contribution is 2.41. The van der Waals surface area contributed by atoms with E-state index >= 15 is 0 Å². The first-order chi connectivity index (χ1) is 8.89. The van der Waals surface area contributed by atoms with Gasteiger partial charge in [0.2, 0.25) is 0 Å². The summed E-state index contributed by atoms with van der Waals surface area (Å²) >= 11 is 3.58. The lowest BCUT2D eigenvalue weighted by molar-refractivity contribution is 0.0855. The van der Waals surface area contributed by atoms with E-state index in [1.54, 1.807) is 6.07 Å². The van der Waals surface area contributed by atoms with E-state index in [-0.39, 0.29) is 17.3 Å². The molecular weight excluding hydrogens is 307 g/mol. The van der Waals surface area contributed by atoms with E-state index in [9.17, 15) is 4.39 Å². The summed E-state index contributed by atoms with van der Waals surface area (Å²) in [5.74, 6) is -0.164. The van der Waals surface area contributed by atoms with Crippen LogP contribution < -0.4 is 5.32 Å². The highest BCUT2D eigenvalue weighted by atomic mass is 79.9. The molecule has 1 aliphatic heterocycles. The first-order valence-electron chi connectivity index (χ1n) is 6.79. The van der Waals surface area contributed by atoms with Gasteiger partial charge in [-0.25, -0.2) is 4.39 Å². The molecule has 0 aromatic heterocycles. The van der Waals surface area contributed by atoms with Crippen LogP contribution in [0.4, 0.5) is 4.39 Å². The van der Waals surface area contributed by atoms with Gasteiger partial charge in [0.15, 0.2) is 0 Å². The second kappa shape index (κ2) is 5.90. The highest BCUT2D eigenvalue weighted by molar-refractivity contribution is 9.10. The molecule has 1 aliphatic rings. The van der Waals surface area contributed by atoms with Crippen LogP contribution in [0.1, 0.15) is 32.4 Å². The predicted molar refractivity (Wildman–Crippen MR) is 80.7 cm³/mol. The molecule has 0 bridgehead atoms. The zero-order valence-electron chi connectivity index (χ0n) is 11.8. The maximum Gasteiger partial charge on any atom is 0.123 e. The third kappa shape index (κ3) is 3.56. The third-order valence-corrected chi connectivity index (χ3v) is 4.31. The SMILES string of the molecule is CC(C)(C)[C@@H](c1cc(F)ccc1Br)N1CCNCC1. The van der Waals surface area contributed by atoms with Crippen molar-refractivity contribution in [3.8, 4) is 0 Å². The number of benzene rings is 1. The van der Waals surface area contributed by atoms with Gasteiger partial charge in [0.05, 0.1) is 0 Å². The summed E-state index contributed by atoms with van der Waals surface area (Å²) in [6.07, 6.45) is 0. The summed E-state index contributed by atoms with van der Waals surface area (Å²) in [4.78, 5) is 2.45. The van der Waals surface area contributed by atoms with Crippen molar-refractivity contribution >= 4 is 15.9 Å². The molecule has 2 nitrogen and oxygen atoms in total. The van der Waals surface area contributed by atoms with E-state index in [1.165, 1.54) is 6.07 Å². The fraction of sp³-hybridized carbons (Fsp3) is 0.600. The van der Waals surface area contributed by atoms with Crippen LogP contribution in [0, 0.1) is 11.2 Å². The molecule has 2 rings (SSSR count). The van der Waals surface area contributed by atoms with Gasteiger partial charge in [-0.05, 0) is 29.2 Å². The summed E-state index contributed by atoms with van der Waals surface area (Å²) < 4.78 is 14.6. The zero-order chi connectivity index (χ0) is 14.0. The molecule has 1 aromatic carbocycles. The quantitative estimate of drug-likeness (QED) is 0.892. The molecule has 0 radical (unpaired) electrons. The molecule has 4 heteroatoms. The maximum absolute atomic E-state index is 13.6. The third-order valence-electron chi connectivity index (χ3n) is 3.59. The van der Waals surface area contributed by atoms with E-state index in [0.29, 0.717) is 0 Å². The molecule has 1 atom stereocenters. The van der Waals surface area contributed by atoms with Crippen molar-refractivity contribution < 1.29 is 4.39 Å². The maximum atomic E-state index is 13.6. The van der Waals surface area contributed by atoms with Crippen LogP contribution >= 0.6 is 15.9 Å². The van der Waals surface area contributed by atoms with Crippen LogP contribution in [0.25, 0.3) is 0 Å². The summed E-state index contributed by atoms with van der Waals surface area (Å²) in [6, 6.07) is 5.21. The van der Waals surface area contributed by atoms with Crippen molar-refractivity contribution in [3.63, 3.8) is 0 Å². The number of hydrogen-bond donors (Lipinski definition) is 1. The Bertz CT molecular complexity index is 436. The Morgan fingerprint density at radius 2 is 1.89 bits per heavy atom. The molecule has 0 spiro atoms. The van der Waals surface area contributed by atoms with E-state index in [1.807, 2.05) is 6.07 Å². The zero-order valence-corrected chi connectivity index (χ0v) is 13.4. The number of nitrogens with one attached hydrogen (secondary N) is 1. The number of hydrogen-bond acceptors (Lipinski definition) is 2. The van der Waals surface area contributed by atoms with Gasteiger partial charge in [-0.3, -0.25) is 4.90 Å².